The van der Waals surface area contributed by atoms with Crippen molar-refractivity contribution in [2.75, 3.05) is 13.1 Å². The molecular formula is C36H33Cl2N5O4. The molecule has 240 valence electrons. The fourth-order valence-electron chi connectivity index (χ4n) is 6.88. The molecule has 2 fully saturated rings. The summed E-state index contributed by atoms with van der Waals surface area (Å²) < 4.78 is 1.70. The first kappa shape index (κ1) is 31.3. The Morgan fingerprint density at radius 2 is 1.28 bits per heavy atom. The van der Waals surface area contributed by atoms with Crippen molar-refractivity contribution in [2.45, 2.75) is 50.9 Å². The van der Waals surface area contributed by atoms with Crippen LogP contribution in [0.4, 0.5) is 0 Å². The second-order valence-corrected chi connectivity index (χ2v) is 13.0. The molecule has 3 aromatic carbocycles. The summed E-state index contributed by atoms with van der Waals surface area (Å²) in [5.74, 6) is -0.993. The number of nitrogens with zero attached hydrogens (tertiary/aromatic N) is 5. The summed E-state index contributed by atoms with van der Waals surface area (Å²) in [6, 6.07) is 22.8. The van der Waals surface area contributed by atoms with Crippen LogP contribution in [0.15, 0.2) is 79.0 Å². The van der Waals surface area contributed by atoms with Crippen LogP contribution in [0.5, 0.6) is 0 Å². The third-order valence-electron chi connectivity index (χ3n) is 9.27. The number of aliphatic carboxylic acids is 2. The van der Waals surface area contributed by atoms with Crippen molar-refractivity contribution in [1.29, 1.82) is 0 Å². The maximum absolute atomic E-state index is 11.6. The van der Waals surface area contributed by atoms with Crippen LogP contribution >= 0.6 is 23.2 Å². The van der Waals surface area contributed by atoms with E-state index >= 15 is 0 Å². The second kappa shape index (κ2) is 13.1. The van der Waals surface area contributed by atoms with Crippen LogP contribution < -0.4 is 0 Å². The zero-order chi connectivity index (χ0) is 32.7. The molecule has 0 bridgehead atoms. The minimum absolute atomic E-state index is 0.380. The highest BCUT2D eigenvalue weighted by atomic mass is 35.5. The zero-order valence-electron chi connectivity index (χ0n) is 25.5. The molecule has 0 aliphatic carbocycles. The minimum atomic E-state index is -0.809. The van der Waals surface area contributed by atoms with Crippen molar-refractivity contribution in [3.05, 3.63) is 100 Å². The number of hydrogen-bond acceptors (Lipinski definition) is 6. The third-order valence-corrected chi connectivity index (χ3v) is 10.1. The van der Waals surface area contributed by atoms with E-state index in [0.717, 1.165) is 58.3 Å². The van der Waals surface area contributed by atoms with Crippen LogP contribution in [0.3, 0.4) is 0 Å². The fourth-order valence-corrected chi connectivity index (χ4v) is 7.56. The molecule has 0 amide bonds. The molecule has 0 saturated carbocycles. The molecule has 0 spiro atoms. The number of aromatic nitrogens is 3. The van der Waals surface area contributed by atoms with Crippen molar-refractivity contribution in [2.24, 2.45) is 0 Å². The van der Waals surface area contributed by atoms with Gasteiger partial charge in [-0.2, -0.15) is 0 Å². The number of hydrogen-bond donors (Lipinski definition) is 2. The van der Waals surface area contributed by atoms with E-state index < -0.39 is 24.0 Å². The summed E-state index contributed by atoms with van der Waals surface area (Å²) in [5.41, 5.74) is 6.86. The maximum atomic E-state index is 11.6. The first-order valence-electron chi connectivity index (χ1n) is 15.7. The number of benzene rings is 3. The van der Waals surface area contributed by atoms with Gasteiger partial charge in [0.05, 0.1) is 16.6 Å². The van der Waals surface area contributed by atoms with Crippen molar-refractivity contribution in [3.8, 4) is 33.4 Å². The Hall–Kier alpha value is -4.28. The van der Waals surface area contributed by atoms with E-state index in [9.17, 15) is 19.8 Å². The quantitative estimate of drug-likeness (QED) is 0.170. The monoisotopic (exact) mass is 669 g/mol. The van der Waals surface area contributed by atoms with Gasteiger partial charge in [0.2, 0.25) is 0 Å². The molecule has 2 N–H and O–H groups in total. The largest absolute Gasteiger partial charge is 0.480 e. The van der Waals surface area contributed by atoms with Crippen LogP contribution in [0.1, 0.15) is 37.1 Å². The number of likely N-dealkylation sites (tertiary alicyclic amines) is 2. The lowest BCUT2D eigenvalue weighted by atomic mass is 9.95. The Labute approximate surface area is 282 Å². The van der Waals surface area contributed by atoms with E-state index in [1.54, 1.807) is 4.52 Å². The summed E-state index contributed by atoms with van der Waals surface area (Å²) in [7, 11) is 0. The first-order chi connectivity index (χ1) is 22.8. The van der Waals surface area contributed by atoms with Crippen LogP contribution in [-0.4, -0.2) is 71.7 Å². The molecule has 0 radical (unpaired) electrons. The highest BCUT2D eigenvalue weighted by molar-refractivity contribution is 6.39. The summed E-state index contributed by atoms with van der Waals surface area (Å²) in [5, 5.41) is 24.8. The molecule has 2 atom stereocenters. The SMILES string of the molecule is O=C(O)[C@@H]1CCCN1Cc1ccc(-c2cccc(-c3cccc(-c4ccn5nc(CN6CCC[C@H]6C(=O)O)nc5c4)c3Cl)c2Cl)cc1. The van der Waals surface area contributed by atoms with Gasteiger partial charge in [-0.15, -0.1) is 5.10 Å². The lowest BCUT2D eigenvalue weighted by molar-refractivity contribution is -0.143. The van der Waals surface area contributed by atoms with Crippen LogP contribution in [0.25, 0.3) is 39.0 Å². The van der Waals surface area contributed by atoms with Crippen molar-refractivity contribution in [1.82, 2.24) is 24.4 Å². The van der Waals surface area contributed by atoms with E-state index in [-0.39, 0.29) is 0 Å². The van der Waals surface area contributed by atoms with Gasteiger partial charge in [0.1, 0.15) is 12.1 Å². The van der Waals surface area contributed by atoms with Crippen molar-refractivity contribution in [3.63, 3.8) is 0 Å². The number of rotatable bonds is 9. The summed E-state index contributed by atoms with van der Waals surface area (Å²) >= 11 is 14.2. The number of halogens is 2. The van der Waals surface area contributed by atoms with Gasteiger partial charge in [-0.1, -0.05) is 83.9 Å². The predicted octanol–water partition coefficient (Wildman–Crippen LogP) is 7.14. The Balaban J connectivity index is 1.14. The third kappa shape index (κ3) is 6.24. The Morgan fingerprint density at radius 1 is 0.723 bits per heavy atom. The van der Waals surface area contributed by atoms with Gasteiger partial charge in [0, 0.05) is 35.0 Å². The number of fused-ring (bicyclic) bond motifs is 1. The van der Waals surface area contributed by atoms with Crippen molar-refractivity contribution < 1.29 is 19.8 Å². The first-order valence-corrected chi connectivity index (χ1v) is 16.5. The molecule has 9 nitrogen and oxygen atoms in total. The molecule has 2 aliphatic heterocycles. The van der Waals surface area contributed by atoms with Gasteiger partial charge in [-0.25, -0.2) is 9.50 Å². The Kier molecular flexibility index (Phi) is 8.72. The molecule has 2 aromatic heterocycles. The normalized spacial score (nSPS) is 18.7. The Morgan fingerprint density at radius 3 is 1.87 bits per heavy atom. The van der Waals surface area contributed by atoms with Gasteiger partial charge in [0.25, 0.3) is 0 Å². The molecule has 5 aromatic rings. The second-order valence-electron chi connectivity index (χ2n) is 12.2. The van der Waals surface area contributed by atoms with Crippen molar-refractivity contribution >= 4 is 40.8 Å². The summed E-state index contributed by atoms with van der Waals surface area (Å²) in [6.45, 7) is 2.47. The molecule has 11 heteroatoms. The minimum Gasteiger partial charge on any atom is -0.480 e. The lowest BCUT2D eigenvalue weighted by Crippen LogP contribution is -2.35. The molecule has 2 aliphatic rings. The molecule has 0 unspecified atom stereocenters. The number of carbonyl (C=O) groups is 2. The van der Waals surface area contributed by atoms with E-state index in [0.29, 0.717) is 54.0 Å². The summed E-state index contributed by atoms with van der Waals surface area (Å²) in [6.07, 6.45) is 4.90. The molecular weight excluding hydrogens is 637 g/mol. The topological polar surface area (TPSA) is 111 Å². The van der Waals surface area contributed by atoms with Gasteiger partial charge in [-0.05, 0) is 67.6 Å². The van der Waals surface area contributed by atoms with Crippen LogP contribution in [0, 0.1) is 0 Å². The number of pyridine rings is 1. The van der Waals surface area contributed by atoms with Crippen LogP contribution in [-0.2, 0) is 22.7 Å². The average molecular weight is 671 g/mol. The lowest BCUT2D eigenvalue weighted by Gasteiger charge is -2.21. The standard InChI is InChI=1S/C36H33Cl2N5O4/c37-33-25(23-13-11-22(12-14-23)20-41-16-3-9-29(41)35(44)45)5-1-7-27(33)28-8-2-6-26(34(28)38)24-15-18-43-32(19-24)39-31(40-43)21-42-17-4-10-30(42)36(46)47/h1-2,5-8,11-15,18-19,29-30H,3-4,9-10,16-17,20-21H2,(H,44,45)(H,46,47)/t29-,30-/m0/s1. The van der Waals surface area contributed by atoms with Gasteiger partial charge in [0.15, 0.2) is 11.5 Å². The predicted molar refractivity (Wildman–Crippen MR) is 181 cm³/mol. The molecule has 2 saturated heterocycles. The number of carboxylic acid groups (broad SMARTS) is 2. The highest BCUT2D eigenvalue weighted by Gasteiger charge is 2.32. The summed E-state index contributed by atoms with van der Waals surface area (Å²) in [4.78, 5) is 31.8. The van der Waals surface area contributed by atoms with Gasteiger partial charge < -0.3 is 10.2 Å². The molecule has 4 heterocycles. The van der Waals surface area contributed by atoms with Crippen LogP contribution in [0.2, 0.25) is 10.0 Å². The average Bonchev–Trinajstić information content (AvgIpc) is 3.82. The Bertz CT molecular complexity index is 1980. The van der Waals surface area contributed by atoms with Gasteiger partial charge in [-0.3, -0.25) is 19.4 Å². The maximum Gasteiger partial charge on any atom is 0.320 e. The van der Waals surface area contributed by atoms with E-state index in [1.165, 1.54) is 0 Å². The van der Waals surface area contributed by atoms with E-state index in [4.69, 9.17) is 28.2 Å². The highest BCUT2D eigenvalue weighted by Crippen LogP contribution is 2.42. The molecule has 7 rings (SSSR count). The number of carboxylic acids is 2. The van der Waals surface area contributed by atoms with E-state index in [1.807, 2.05) is 88.8 Å². The van der Waals surface area contributed by atoms with Gasteiger partial charge >= 0.3 is 11.9 Å². The smallest absolute Gasteiger partial charge is 0.320 e. The molecule has 47 heavy (non-hydrogen) atoms. The van der Waals surface area contributed by atoms with E-state index in [2.05, 4.69) is 5.10 Å². The zero-order valence-corrected chi connectivity index (χ0v) is 27.0. The fraction of sp³-hybridized carbons (Fsp3) is 0.278.